The van der Waals surface area contributed by atoms with E-state index in [2.05, 4.69) is 11.6 Å². The summed E-state index contributed by atoms with van der Waals surface area (Å²) in [4.78, 5) is 11.9. The van der Waals surface area contributed by atoms with E-state index in [1.165, 1.54) is 0 Å². The molecule has 15 heavy (non-hydrogen) atoms. The summed E-state index contributed by atoms with van der Waals surface area (Å²) in [5.74, 6) is 1.05. The van der Waals surface area contributed by atoms with Crippen LogP contribution >= 0.6 is 24.0 Å². The Balaban J connectivity index is 3.79. The first-order valence-electron chi connectivity index (χ1n) is 5.00. The topological polar surface area (TPSA) is 55.1 Å². The summed E-state index contributed by atoms with van der Waals surface area (Å²) in [5.41, 5.74) is 4.75. The summed E-state index contributed by atoms with van der Waals surface area (Å²) < 4.78 is 0. The first-order chi connectivity index (χ1) is 6.92. The fourth-order valence-electron chi connectivity index (χ4n) is 0.906. The number of carbonyl (C=O) groups excluding carboxylic acids is 1. The highest BCUT2D eigenvalue weighted by Gasteiger charge is 2.30. The van der Waals surface area contributed by atoms with Gasteiger partial charge in [-0.1, -0.05) is 12.2 Å². The van der Waals surface area contributed by atoms with Crippen LogP contribution in [0.15, 0.2) is 0 Å². The van der Waals surface area contributed by atoms with Gasteiger partial charge in [-0.3, -0.25) is 4.79 Å². The van der Waals surface area contributed by atoms with Crippen molar-refractivity contribution in [3.05, 3.63) is 0 Å². The Kier molecular flexibility index (Phi) is 6.92. The van der Waals surface area contributed by atoms with Gasteiger partial charge in [0.05, 0.1) is 10.4 Å². The van der Waals surface area contributed by atoms with Gasteiger partial charge in [0.1, 0.15) is 0 Å². The van der Waals surface area contributed by atoms with Gasteiger partial charge >= 0.3 is 0 Å². The van der Waals surface area contributed by atoms with Crippen molar-refractivity contribution in [2.75, 3.05) is 18.6 Å². The number of nitrogens with one attached hydrogen (secondary N) is 1. The van der Waals surface area contributed by atoms with Crippen molar-refractivity contribution < 1.29 is 4.79 Å². The molecule has 0 atom stereocenters. The van der Waals surface area contributed by atoms with Crippen LogP contribution in [0.25, 0.3) is 0 Å². The molecular formula is C10H20N2OS2. The first-order valence-corrected chi connectivity index (χ1v) is 6.80. The molecule has 0 aromatic heterocycles. The Labute approximate surface area is 102 Å². The molecule has 0 spiro atoms. The van der Waals surface area contributed by atoms with Gasteiger partial charge in [-0.05, 0) is 38.7 Å². The molecule has 88 valence electrons. The molecule has 0 bridgehead atoms. The van der Waals surface area contributed by atoms with E-state index in [0.29, 0.717) is 6.54 Å². The average molecular weight is 248 g/mol. The number of rotatable bonds is 7. The minimum absolute atomic E-state index is 0.0841. The maximum absolute atomic E-state index is 11.7. The number of hydrogen-bond acceptors (Lipinski definition) is 3. The molecule has 0 fully saturated rings. The van der Waals surface area contributed by atoms with Crippen LogP contribution in [0.1, 0.15) is 26.7 Å². The summed E-state index contributed by atoms with van der Waals surface area (Å²) in [5, 5.41) is 2.85. The number of amides is 1. The summed E-state index contributed by atoms with van der Waals surface area (Å²) in [6.07, 6.45) is 4.20. The molecule has 1 amide bonds. The van der Waals surface area contributed by atoms with Crippen molar-refractivity contribution in [3.63, 3.8) is 0 Å². The third-order valence-corrected chi connectivity index (χ3v) is 3.45. The Morgan fingerprint density at radius 2 is 2.07 bits per heavy atom. The monoisotopic (exact) mass is 248 g/mol. The van der Waals surface area contributed by atoms with E-state index < -0.39 is 5.41 Å². The standard InChI is InChI=1S/C10H20N2OS2/c1-10(2,8(11)14)9(13)12-6-4-5-7-15-3/h4-7H2,1-3H3,(H2,11,14)(H,12,13). The molecule has 0 saturated heterocycles. The average Bonchev–Trinajstić information content (AvgIpc) is 2.16. The molecule has 0 saturated carbocycles. The minimum Gasteiger partial charge on any atom is -0.392 e. The van der Waals surface area contributed by atoms with E-state index in [1.807, 2.05) is 11.8 Å². The summed E-state index contributed by atoms with van der Waals surface area (Å²) >= 11 is 6.66. The first kappa shape index (κ1) is 14.7. The lowest BCUT2D eigenvalue weighted by molar-refractivity contribution is -0.126. The maximum atomic E-state index is 11.7. The second kappa shape index (κ2) is 7.06. The van der Waals surface area contributed by atoms with Crippen molar-refractivity contribution in [1.29, 1.82) is 0 Å². The minimum atomic E-state index is -0.741. The van der Waals surface area contributed by atoms with Gasteiger partial charge in [-0.15, -0.1) is 0 Å². The zero-order valence-electron chi connectivity index (χ0n) is 9.63. The number of nitrogens with two attached hydrogens (primary N) is 1. The Morgan fingerprint density at radius 3 is 2.53 bits per heavy atom. The molecule has 3 N–H and O–H groups in total. The van der Waals surface area contributed by atoms with Gasteiger partial charge in [0.2, 0.25) is 5.91 Å². The Hall–Kier alpha value is -0.290. The van der Waals surface area contributed by atoms with Crippen LogP contribution in [0.5, 0.6) is 0 Å². The molecular weight excluding hydrogens is 228 g/mol. The van der Waals surface area contributed by atoms with Crippen molar-refractivity contribution in [1.82, 2.24) is 5.32 Å². The van der Waals surface area contributed by atoms with Gasteiger partial charge in [0, 0.05) is 6.54 Å². The summed E-state index contributed by atoms with van der Waals surface area (Å²) in [6.45, 7) is 4.19. The molecule has 0 rings (SSSR count). The lowest BCUT2D eigenvalue weighted by Crippen LogP contribution is -2.45. The molecule has 5 heteroatoms. The maximum Gasteiger partial charge on any atom is 0.232 e. The molecule has 0 unspecified atom stereocenters. The molecule has 0 radical (unpaired) electrons. The molecule has 0 heterocycles. The third kappa shape index (κ3) is 5.37. The SMILES string of the molecule is CSCCCCNC(=O)C(C)(C)C(N)=S. The Bertz CT molecular complexity index is 229. The Morgan fingerprint density at radius 1 is 1.47 bits per heavy atom. The molecule has 0 aromatic rings. The van der Waals surface area contributed by atoms with Crippen molar-refractivity contribution in [2.24, 2.45) is 11.1 Å². The zero-order chi connectivity index (χ0) is 11.9. The van der Waals surface area contributed by atoms with Crippen LogP contribution in [0, 0.1) is 5.41 Å². The fraction of sp³-hybridized carbons (Fsp3) is 0.800. The highest BCUT2D eigenvalue weighted by molar-refractivity contribution is 7.98. The molecule has 0 aliphatic carbocycles. The van der Waals surface area contributed by atoms with Crippen LogP contribution in [-0.4, -0.2) is 29.4 Å². The van der Waals surface area contributed by atoms with E-state index in [4.69, 9.17) is 18.0 Å². The van der Waals surface area contributed by atoms with Crippen molar-refractivity contribution in [2.45, 2.75) is 26.7 Å². The van der Waals surface area contributed by atoms with Gasteiger partial charge in [-0.2, -0.15) is 11.8 Å². The van der Waals surface area contributed by atoms with Crippen LogP contribution in [0.4, 0.5) is 0 Å². The normalized spacial score (nSPS) is 11.1. The quantitative estimate of drug-likeness (QED) is 0.530. The number of thiocarbonyl (C=S) groups is 1. The van der Waals surface area contributed by atoms with Gasteiger partial charge in [-0.25, -0.2) is 0 Å². The zero-order valence-corrected chi connectivity index (χ0v) is 11.3. The lowest BCUT2D eigenvalue weighted by atomic mass is 9.92. The van der Waals surface area contributed by atoms with E-state index in [0.717, 1.165) is 18.6 Å². The molecule has 3 nitrogen and oxygen atoms in total. The number of unbranched alkanes of at least 4 members (excludes halogenated alkanes) is 1. The molecule has 0 aliphatic rings. The van der Waals surface area contributed by atoms with Crippen molar-refractivity contribution >= 4 is 34.9 Å². The summed E-state index contributed by atoms with van der Waals surface area (Å²) in [6, 6.07) is 0. The van der Waals surface area contributed by atoms with Crippen LogP contribution in [0.3, 0.4) is 0 Å². The van der Waals surface area contributed by atoms with Crippen LogP contribution in [-0.2, 0) is 4.79 Å². The highest BCUT2D eigenvalue weighted by atomic mass is 32.2. The van der Waals surface area contributed by atoms with Gasteiger partial charge in [0.15, 0.2) is 0 Å². The number of thioether (sulfide) groups is 1. The van der Waals surface area contributed by atoms with Gasteiger partial charge < -0.3 is 11.1 Å². The number of carbonyl (C=O) groups is 1. The van der Waals surface area contributed by atoms with Crippen molar-refractivity contribution in [3.8, 4) is 0 Å². The van der Waals surface area contributed by atoms with Gasteiger partial charge in [0.25, 0.3) is 0 Å². The predicted octanol–water partition coefficient (Wildman–Crippen LogP) is 1.56. The lowest BCUT2D eigenvalue weighted by Gasteiger charge is -2.21. The largest absolute Gasteiger partial charge is 0.392 e. The second-order valence-electron chi connectivity index (χ2n) is 3.95. The summed E-state index contributed by atoms with van der Waals surface area (Å²) in [7, 11) is 0. The second-order valence-corrected chi connectivity index (χ2v) is 5.37. The van der Waals surface area contributed by atoms with E-state index in [9.17, 15) is 4.79 Å². The smallest absolute Gasteiger partial charge is 0.232 e. The fourth-order valence-corrected chi connectivity index (χ4v) is 1.49. The highest BCUT2D eigenvalue weighted by Crippen LogP contribution is 2.15. The molecule has 0 aliphatic heterocycles. The van der Waals surface area contributed by atoms with E-state index >= 15 is 0 Å². The van der Waals surface area contributed by atoms with E-state index in [-0.39, 0.29) is 10.9 Å². The van der Waals surface area contributed by atoms with Crippen LogP contribution in [0.2, 0.25) is 0 Å². The van der Waals surface area contributed by atoms with Crippen LogP contribution < -0.4 is 11.1 Å². The van der Waals surface area contributed by atoms with E-state index in [1.54, 1.807) is 13.8 Å². The molecule has 0 aromatic carbocycles. The predicted molar refractivity (Wildman–Crippen MR) is 71.2 cm³/mol. The third-order valence-electron chi connectivity index (χ3n) is 2.24. The number of hydrogen-bond donors (Lipinski definition) is 2.